The molecule has 0 saturated heterocycles. The van der Waals surface area contributed by atoms with Crippen molar-refractivity contribution in [3.63, 3.8) is 0 Å². The zero-order chi connectivity index (χ0) is 18.5. The highest BCUT2D eigenvalue weighted by molar-refractivity contribution is 6.11. The molecule has 0 unspecified atom stereocenters. The van der Waals surface area contributed by atoms with Gasteiger partial charge in [-0.05, 0) is 42.1 Å². The Balaban J connectivity index is 1.97. The number of benzene rings is 3. The van der Waals surface area contributed by atoms with E-state index >= 15 is 0 Å². The number of ether oxygens (including phenoxy) is 1. The van der Waals surface area contributed by atoms with E-state index in [1.165, 1.54) is 0 Å². The van der Waals surface area contributed by atoms with Gasteiger partial charge in [0.05, 0.1) is 7.11 Å². The number of anilines is 1. The third kappa shape index (κ3) is 3.57. The average Bonchev–Trinajstić information content (AvgIpc) is 2.67. The highest BCUT2D eigenvalue weighted by Gasteiger charge is 2.11. The van der Waals surface area contributed by atoms with E-state index in [4.69, 9.17) is 4.74 Å². The minimum Gasteiger partial charge on any atom is -0.496 e. The predicted octanol–water partition coefficient (Wildman–Crippen LogP) is 4.70. The number of hydrogen-bond donors (Lipinski definition) is 1. The Hall–Kier alpha value is -3.58. The predicted molar refractivity (Wildman–Crippen MR) is 104 cm³/mol. The van der Waals surface area contributed by atoms with Gasteiger partial charge in [-0.25, -0.2) is 0 Å². The van der Waals surface area contributed by atoms with Crippen LogP contribution in [0.1, 0.15) is 11.1 Å². The summed E-state index contributed by atoms with van der Waals surface area (Å²) >= 11 is 0. The van der Waals surface area contributed by atoms with E-state index in [2.05, 4.69) is 5.32 Å². The number of amides is 1. The van der Waals surface area contributed by atoms with E-state index in [9.17, 15) is 10.1 Å². The molecule has 3 aromatic rings. The van der Waals surface area contributed by atoms with Crippen LogP contribution >= 0.6 is 0 Å². The summed E-state index contributed by atoms with van der Waals surface area (Å²) in [4.78, 5) is 12.5. The number of rotatable bonds is 4. The van der Waals surface area contributed by atoms with Gasteiger partial charge in [0, 0.05) is 11.1 Å². The van der Waals surface area contributed by atoms with Gasteiger partial charge in [0.25, 0.3) is 5.91 Å². The number of fused-ring (bicyclic) bond motifs is 1. The zero-order valence-electron chi connectivity index (χ0n) is 14.6. The van der Waals surface area contributed by atoms with Crippen molar-refractivity contribution >= 4 is 28.4 Å². The Labute approximate surface area is 152 Å². The van der Waals surface area contributed by atoms with Gasteiger partial charge in [0.15, 0.2) is 0 Å². The molecule has 0 spiro atoms. The molecule has 0 bridgehead atoms. The number of hydrogen-bond acceptors (Lipinski definition) is 3. The van der Waals surface area contributed by atoms with Gasteiger partial charge in [-0.15, -0.1) is 0 Å². The molecule has 3 rings (SSSR count). The fraction of sp³-hybridized carbons (Fsp3) is 0.0909. The van der Waals surface area contributed by atoms with E-state index in [0.29, 0.717) is 5.69 Å². The summed E-state index contributed by atoms with van der Waals surface area (Å²) in [6.45, 7) is 1.97. The molecular formula is C22H18N2O2. The van der Waals surface area contributed by atoms with E-state index in [-0.39, 0.29) is 5.57 Å². The van der Waals surface area contributed by atoms with Crippen LogP contribution in [0.25, 0.3) is 16.8 Å². The topological polar surface area (TPSA) is 62.1 Å². The molecule has 4 heteroatoms. The molecule has 0 saturated carbocycles. The van der Waals surface area contributed by atoms with Crippen molar-refractivity contribution in [1.29, 1.82) is 5.26 Å². The fourth-order valence-corrected chi connectivity index (χ4v) is 2.74. The highest BCUT2D eigenvalue weighted by atomic mass is 16.5. The van der Waals surface area contributed by atoms with Crippen LogP contribution in [0.3, 0.4) is 0 Å². The normalized spacial score (nSPS) is 11.0. The number of nitriles is 1. The summed E-state index contributed by atoms with van der Waals surface area (Å²) in [5.41, 5.74) is 2.59. The second-order valence-corrected chi connectivity index (χ2v) is 5.89. The lowest BCUT2D eigenvalue weighted by Gasteiger charge is -2.09. The molecule has 3 aromatic carbocycles. The molecule has 26 heavy (non-hydrogen) atoms. The van der Waals surface area contributed by atoms with E-state index in [1.807, 2.05) is 73.7 Å². The van der Waals surface area contributed by atoms with Crippen molar-refractivity contribution in [2.45, 2.75) is 6.92 Å². The largest absolute Gasteiger partial charge is 0.496 e. The van der Waals surface area contributed by atoms with Crippen LogP contribution in [-0.2, 0) is 4.79 Å². The minimum absolute atomic E-state index is 0.0425. The molecule has 0 aliphatic heterocycles. The van der Waals surface area contributed by atoms with Crippen molar-refractivity contribution in [3.05, 3.63) is 77.4 Å². The van der Waals surface area contributed by atoms with Crippen LogP contribution in [0.5, 0.6) is 5.75 Å². The second-order valence-electron chi connectivity index (χ2n) is 5.89. The Morgan fingerprint density at radius 1 is 1.04 bits per heavy atom. The van der Waals surface area contributed by atoms with Crippen molar-refractivity contribution in [2.75, 3.05) is 12.4 Å². The summed E-state index contributed by atoms with van der Waals surface area (Å²) < 4.78 is 5.38. The molecule has 0 atom stereocenters. The Morgan fingerprint density at radius 3 is 2.38 bits per heavy atom. The zero-order valence-corrected chi connectivity index (χ0v) is 14.6. The summed E-state index contributed by atoms with van der Waals surface area (Å²) in [5, 5.41) is 14.1. The average molecular weight is 342 g/mol. The van der Waals surface area contributed by atoms with Gasteiger partial charge in [-0.3, -0.25) is 4.79 Å². The van der Waals surface area contributed by atoms with Gasteiger partial charge >= 0.3 is 0 Å². The number of carbonyl (C=O) groups is 1. The first-order valence-electron chi connectivity index (χ1n) is 8.18. The first kappa shape index (κ1) is 17.2. The third-order valence-corrected chi connectivity index (χ3v) is 4.11. The molecule has 0 heterocycles. The van der Waals surface area contributed by atoms with Gasteiger partial charge < -0.3 is 10.1 Å². The molecule has 0 fully saturated rings. The molecule has 1 amide bonds. The number of aryl methyl sites for hydroxylation is 1. The molecule has 128 valence electrons. The quantitative estimate of drug-likeness (QED) is 0.552. The summed E-state index contributed by atoms with van der Waals surface area (Å²) in [5.74, 6) is 0.316. The van der Waals surface area contributed by atoms with Crippen molar-refractivity contribution in [3.8, 4) is 11.8 Å². The molecule has 0 aromatic heterocycles. The molecule has 0 aliphatic rings. The van der Waals surface area contributed by atoms with E-state index < -0.39 is 5.91 Å². The highest BCUT2D eigenvalue weighted by Crippen LogP contribution is 2.29. The maximum Gasteiger partial charge on any atom is 0.266 e. The van der Waals surface area contributed by atoms with Crippen LogP contribution in [0.15, 0.2) is 66.2 Å². The molecule has 1 N–H and O–H groups in total. The van der Waals surface area contributed by atoms with Crippen LogP contribution in [-0.4, -0.2) is 13.0 Å². The third-order valence-electron chi connectivity index (χ3n) is 4.11. The van der Waals surface area contributed by atoms with Gasteiger partial charge in [0.2, 0.25) is 0 Å². The standard InChI is InChI=1S/C22H18N2O2/c1-15-7-10-18(11-8-15)24-22(25)17(14-23)13-16-9-12-21(26-2)20-6-4-3-5-19(16)20/h3-13H,1-2H3,(H,24,25)/b17-13+. The number of nitrogens with zero attached hydrogens (tertiary/aromatic N) is 1. The number of methoxy groups -OCH3 is 1. The molecule has 0 radical (unpaired) electrons. The molecular weight excluding hydrogens is 324 g/mol. The fourth-order valence-electron chi connectivity index (χ4n) is 2.74. The lowest BCUT2D eigenvalue weighted by Crippen LogP contribution is -2.13. The number of carbonyl (C=O) groups excluding carboxylic acids is 1. The van der Waals surface area contributed by atoms with Crippen molar-refractivity contribution in [1.82, 2.24) is 0 Å². The van der Waals surface area contributed by atoms with Crippen LogP contribution in [0.4, 0.5) is 5.69 Å². The van der Waals surface area contributed by atoms with Crippen LogP contribution in [0, 0.1) is 18.3 Å². The van der Waals surface area contributed by atoms with Gasteiger partial charge in [-0.1, -0.05) is 48.0 Å². The molecule has 0 aliphatic carbocycles. The van der Waals surface area contributed by atoms with Gasteiger partial charge in [-0.2, -0.15) is 5.26 Å². The lowest BCUT2D eigenvalue weighted by molar-refractivity contribution is -0.112. The maximum absolute atomic E-state index is 12.5. The van der Waals surface area contributed by atoms with Crippen LogP contribution < -0.4 is 10.1 Å². The Kier molecular flexibility index (Phi) is 5.00. The smallest absolute Gasteiger partial charge is 0.266 e. The molecule has 4 nitrogen and oxygen atoms in total. The summed E-state index contributed by atoms with van der Waals surface area (Å²) in [6.07, 6.45) is 1.60. The van der Waals surface area contributed by atoms with E-state index in [0.717, 1.165) is 27.6 Å². The van der Waals surface area contributed by atoms with Crippen molar-refractivity contribution in [2.24, 2.45) is 0 Å². The Bertz CT molecular complexity index is 1030. The SMILES string of the molecule is COc1ccc(/C=C(\C#N)C(=O)Nc2ccc(C)cc2)c2ccccc12. The first-order valence-corrected chi connectivity index (χ1v) is 8.18. The van der Waals surface area contributed by atoms with E-state index in [1.54, 1.807) is 13.2 Å². The van der Waals surface area contributed by atoms with Crippen LogP contribution in [0.2, 0.25) is 0 Å². The monoisotopic (exact) mass is 342 g/mol. The first-order chi connectivity index (χ1) is 12.6. The van der Waals surface area contributed by atoms with Gasteiger partial charge in [0.1, 0.15) is 17.4 Å². The lowest BCUT2D eigenvalue weighted by atomic mass is 10.0. The maximum atomic E-state index is 12.5. The summed E-state index contributed by atoms with van der Waals surface area (Å²) in [7, 11) is 1.62. The number of nitrogens with one attached hydrogen (secondary N) is 1. The second kappa shape index (κ2) is 7.54. The summed E-state index contributed by atoms with van der Waals surface area (Å²) in [6, 6.07) is 20.8. The Morgan fingerprint density at radius 2 is 1.73 bits per heavy atom. The minimum atomic E-state index is -0.434. The van der Waals surface area contributed by atoms with Crippen molar-refractivity contribution < 1.29 is 9.53 Å².